The van der Waals surface area contributed by atoms with Gasteiger partial charge >= 0.3 is 11.8 Å². The van der Waals surface area contributed by atoms with Gasteiger partial charge in [-0.3, -0.25) is 9.36 Å². The molecule has 1 N–H and O–H groups in total. The van der Waals surface area contributed by atoms with Crippen molar-refractivity contribution >= 4 is 22.7 Å². The van der Waals surface area contributed by atoms with Crippen molar-refractivity contribution in [3.63, 3.8) is 0 Å². The summed E-state index contributed by atoms with van der Waals surface area (Å²) < 4.78 is 74.2. The monoisotopic (exact) mass is 507 g/mol. The lowest BCUT2D eigenvalue weighted by Crippen LogP contribution is -2.24. The van der Waals surface area contributed by atoms with Crippen LogP contribution in [-0.4, -0.2) is 9.67 Å². The molecule has 2 aromatic heterocycles. The van der Waals surface area contributed by atoms with E-state index >= 15 is 0 Å². The molecule has 0 aliphatic carbocycles. The number of benzene rings is 2. The summed E-state index contributed by atoms with van der Waals surface area (Å²) in [6.07, 6.45) is -4.63. The third-order valence-corrected chi connectivity index (χ3v) is 6.99. The average molecular weight is 507 g/mol. The van der Waals surface area contributed by atoms with Crippen LogP contribution in [0.25, 0.3) is 16.7 Å². The lowest BCUT2D eigenvalue weighted by atomic mass is 9.83. The van der Waals surface area contributed by atoms with Crippen molar-refractivity contribution in [1.82, 2.24) is 4.57 Å². The number of aromatic hydroxyl groups is 1. The molecule has 3 heterocycles. The van der Waals surface area contributed by atoms with Crippen molar-refractivity contribution in [2.45, 2.75) is 35.2 Å². The summed E-state index contributed by atoms with van der Waals surface area (Å²) in [4.78, 5) is 25.6. The van der Waals surface area contributed by atoms with Crippen molar-refractivity contribution in [3.05, 3.63) is 91.7 Å². The van der Waals surface area contributed by atoms with E-state index in [1.807, 2.05) is 0 Å². The lowest BCUT2D eigenvalue weighted by molar-refractivity contribution is -0.137. The number of halogens is 5. The number of alkyl halides is 3. The van der Waals surface area contributed by atoms with Gasteiger partial charge in [-0.25, -0.2) is 13.6 Å². The van der Waals surface area contributed by atoms with Crippen LogP contribution in [0.4, 0.5) is 22.0 Å². The molecule has 0 atom stereocenters. The maximum atomic E-state index is 14.7. The van der Waals surface area contributed by atoms with Gasteiger partial charge < -0.3 is 9.52 Å². The molecule has 180 valence electrons. The van der Waals surface area contributed by atoms with Crippen molar-refractivity contribution < 1.29 is 31.5 Å². The minimum atomic E-state index is -4.63. The second-order valence-electron chi connectivity index (χ2n) is 8.51. The molecule has 0 radical (unpaired) electrons. The SMILES string of the molecule is CC1(C)c2c(F)cc(F)cc2-n2c1cc1oc(=O)c(Sc3cccc(C(F)(F)F)c3)c(O)c1c2=O. The molecule has 0 saturated carbocycles. The highest BCUT2D eigenvalue weighted by atomic mass is 32.2. The molecule has 5 nitrogen and oxygen atoms in total. The molecule has 1 aliphatic rings. The molecular formula is C24H14F5NO4S. The van der Waals surface area contributed by atoms with Gasteiger partial charge in [0.05, 0.1) is 11.3 Å². The number of pyridine rings is 1. The molecule has 0 unspecified atom stereocenters. The fraction of sp³-hybridized carbons (Fsp3) is 0.167. The third-order valence-electron chi connectivity index (χ3n) is 5.93. The number of rotatable bonds is 2. The normalized spacial score (nSPS) is 14.3. The van der Waals surface area contributed by atoms with Crippen LogP contribution in [0.15, 0.2) is 66.3 Å². The Bertz CT molecular complexity index is 1670. The summed E-state index contributed by atoms with van der Waals surface area (Å²) in [7, 11) is 0. The molecule has 0 spiro atoms. The zero-order valence-electron chi connectivity index (χ0n) is 18.0. The molecule has 11 heteroatoms. The molecular weight excluding hydrogens is 493 g/mol. The van der Waals surface area contributed by atoms with Crippen molar-refractivity contribution in [1.29, 1.82) is 0 Å². The Labute approximate surface area is 197 Å². The van der Waals surface area contributed by atoms with Gasteiger partial charge in [0, 0.05) is 33.7 Å². The van der Waals surface area contributed by atoms with Gasteiger partial charge in [-0.05, 0) is 24.3 Å². The van der Waals surface area contributed by atoms with Gasteiger partial charge in [0.1, 0.15) is 27.5 Å². The van der Waals surface area contributed by atoms with E-state index < -0.39 is 56.0 Å². The van der Waals surface area contributed by atoms with Crippen LogP contribution >= 0.6 is 11.8 Å². The first-order valence-corrected chi connectivity index (χ1v) is 10.9. The predicted molar refractivity (Wildman–Crippen MR) is 117 cm³/mol. The first-order valence-electron chi connectivity index (χ1n) is 10.1. The highest BCUT2D eigenvalue weighted by Crippen LogP contribution is 2.45. The predicted octanol–water partition coefficient (Wildman–Crippen LogP) is 5.74. The molecule has 0 fully saturated rings. The standard InChI is InChI=1S/C24H14F5NO4S/c1-23(2)16-9-15-17(21(32)30(16)14-8-11(25)7-13(26)18(14)23)19(31)20(22(33)34-15)35-12-5-3-4-10(6-12)24(27,28)29/h3-9,31H,1-2H3. The number of hydrogen-bond acceptors (Lipinski definition) is 5. The first-order chi connectivity index (χ1) is 16.3. The van der Waals surface area contributed by atoms with Crippen molar-refractivity contribution in [2.75, 3.05) is 0 Å². The van der Waals surface area contributed by atoms with E-state index in [2.05, 4.69) is 0 Å². The Morgan fingerprint density at radius 3 is 2.46 bits per heavy atom. The number of aromatic nitrogens is 1. The molecule has 4 aromatic rings. The molecule has 35 heavy (non-hydrogen) atoms. The second kappa shape index (κ2) is 7.45. The molecule has 2 aromatic carbocycles. The fourth-order valence-corrected chi connectivity index (χ4v) is 5.26. The number of fused-ring (bicyclic) bond motifs is 4. The largest absolute Gasteiger partial charge is 0.505 e. The van der Waals surface area contributed by atoms with E-state index in [4.69, 9.17) is 4.42 Å². The number of nitrogens with zero attached hydrogens (tertiary/aromatic N) is 1. The zero-order chi connectivity index (χ0) is 25.4. The Kier molecular flexibility index (Phi) is 4.93. The van der Waals surface area contributed by atoms with E-state index in [0.717, 1.165) is 28.8 Å². The van der Waals surface area contributed by atoms with Crippen LogP contribution < -0.4 is 11.2 Å². The van der Waals surface area contributed by atoms with Gasteiger partial charge in [-0.1, -0.05) is 31.7 Å². The maximum Gasteiger partial charge on any atom is 0.416 e. The minimum Gasteiger partial charge on any atom is -0.505 e. The minimum absolute atomic E-state index is 0.0290. The quantitative estimate of drug-likeness (QED) is 0.351. The summed E-state index contributed by atoms with van der Waals surface area (Å²) >= 11 is 0.494. The molecule has 5 rings (SSSR count). The van der Waals surface area contributed by atoms with Crippen LogP contribution in [0.2, 0.25) is 0 Å². The smallest absolute Gasteiger partial charge is 0.416 e. The summed E-state index contributed by atoms with van der Waals surface area (Å²) in [5.74, 6) is -2.59. The zero-order valence-corrected chi connectivity index (χ0v) is 18.8. The van der Waals surface area contributed by atoms with E-state index in [9.17, 15) is 36.6 Å². The second-order valence-corrected chi connectivity index (χ2v) is 9.59. The van der Waals surface area contributed by atoms with E-state index in [0.29, 0.717) is 17.8 Å². The number of hydrogen-bond donors (Lipinski definition) is 1. The van der Waals surface area contributed by atoms with Crippen LogP contribution in [-0.2, 0) is 11.6 Å². The molecule has 0 saturated heterocycles. The van der Waals surface area contributed by atoms with E-state index in [1.165, 1.54) is 12.1 Å². The summed E-state index contributed by atoms with van der Waals surface area (Å²) in [5.41, 5.74) is -4.16. The Morgan fingerprint density at radius 2 is 1.77 bits per heavy atom. The van der Waals surface area contributed by atoms with E-state index in [-0.39, 0.29) is 27.4 Å². The first kappa shape index (κ1) is 23.2. The Hall–Kier alpha value is -3.60. The van der Waals surface area contributed by atoms with E-state index in [1.54, 1.807) is 13.8 Å². The Morgan fingerprint density at radius 1 is 1.06 bits per heavy atom. The molecule has 1 aliphatic heterocycles. The topological polar surface area (TPSA) is 72.4 Å². The lowest BCUT2D eigenvalue weighted by Gasteiger charge is -2.20. The fourth-order valence-electron chi connectivity index (χ4n) is 4.37. The summed E-state index contributed by atoms with van der Waals surface area (Å²) in [6, 6.07) is 7.02. The van der Waals surface area contributed by atoms with Gasteiger partial charge in [0.15, 0.2) is 5.75 Å². The van der Waals surface area contributed by atoms with Crippen LogP contribution in [0.3, 0.4) is 0 Å². The molecule has 0 bridgehead atoms. The highest BCUT2D eigenvalue weighted by molar-refractivity contribution is 7.99. The van der Waals surface area contributed by atoms with Gasteiger partial charge in [-0.15, -0.1) is 0 Å². The Balaban J connectivity index is 1.75. The molecule has 0 amide bonds. The van der Waals surface area contributed by atoms with Crippen LogP contribution in [0, 0.1) is 11.6 Å². The van der Waals surface area contributed by atoms with Crippen molar-refractivity contribution in [3.8, 4) is 11.4 Å². The van der Waals surface area contributed by atoms with Gasteiger partial charge in [0.2, 0.25) is 0 Å². The summed E-state index contributed by atoms with van der Waals surface area (Å²) in [6.45, 7) is 3.21. The van der Waals surface area contributed by atoms with Crippen LogP contribution in [0.1, 0.15) is 30.7 Å². The average Bonchev–Trinajstić information content (AvgIpc) is 2.97. The maximum absolute atomic E-state index is 14.7. The third kappa shape index (κ3) is 3.44. The van der Waals surface area contributed by atoms with Crippen molar-refractivity contribution in [2.24, 2.45) is 0 Å². The van der Waals surface area contributed by atoms with Gasteiger partial charge in [-0.2, -0.15) is 13.2 Å². The van der Waals surface area contributed by atoms with Gasteiger partial charge in [0.25, 0.3) is 5.56 Å². The highest BCUT2D eigenvalue weighted by Gasteiger charge is 2.41. The summed E-state index contributed by atoms with van der Waals surface area (Å²) in [5, 5.41) is 10.4. The van der Waals surface area contributed by atoms with Crippen LogP contribution in [0.5, 0.6) is 5.75 Å².